The molecule has 1 aromatic carbocycles. The van der Waals surface area contributed by atoms with E-state index in [1.54, 1.807) is 12.1 Å². The second-order valence-electron chi connectivity index (χ2n) is 2.88. The van der Waals surface area contributed by atoms with E-state index in [0.717, 1.165) is 0 Å². The largest absolute Gasteiger partial charge is 0.359 e. The molecule has 0 atom stereocenters. The molecular weight excluding hydrogens is 240 g/mol. The van der Waals surface area contributed by atoms with Crippen LogP contribution in [0, 0.1) is 32.8 Å². The smallest absolute Gasteiger partial charge is 0.270 e. The first-order chi connectivity index (χ1) is 8.08. The Balaban J connectivity index is 2.96. The minimum Gasteiger partial charge on any atom is -0.359 e. The lowest BCUT2D eigenvalue weighted by Gasteiger charge is -2.03. The average molecular weight is 246 g/mol. The van der Waals surface area contributed by atoms with Crippen molar-refractivity contribution < 1.29 is 4.92 Å². The summed E-state index contributed by atoms with van der Waals surface area (Å²) in [4.78, 5) is 10.3. The van der Waals surface area contributed by atoms with Crippen LogP contribution in [0.4, 0.5) is 11.4 Å². The van der Waals surface area contributed by atoms with Crippen molar-refractivity contribution in [2.45, 2.75) is 4.90 Å². The molecule has 0 saturated heterocycles. The highest BCUT2D eigenvalue weighted by Gasteiger charge is 2.07. The van der Waals surface area contributed by atoms with E-state index < -0.39 is 4.92 Å². The zero-order valence-electron chi connectivity index (χ0n) is 8.41. The number of nitrogens with one attached hydrogen (secondary N) is 1. The second kappa shape index (κ2) is 5.54. The molecule has 0 aliphatic heterocycles. The number of allylic oxidation sites excluding steroid dienone is 1. The van der Waals surface area contributed by atoms with Crippen molar-refractivity contribution in [2.24, 2.45) is 0 Å². The standard InChI is InChI=1S/C10H6N4O2S/c11-4-7(5-12)6-13-9-2-1-8(14(15)16)3-10(9)17/h1-3,6,13,17H. The lowest BCUT2D eigenvalue weighted by Crippen LogP contribution is -1.93. The lowest BCUT2D eigenvalue weighted by molar-refractivity contribution is -0.385. The van der Waals surface area contributed by atoms with E-state index in [4.69, 9.17) is 10.5 Å². The van der Waals surface area contributed by atoms with Crippen LogP contribution in [0.15, 0.2) is 34.9 Å². The van der Waals surface area contributed by atoms with Crippen LogP contribution in [-0.4, -0.2) is 4.92 Å². The summed E-state index contributed by atoms with van der Waals surface area (Å²) in [7, 11) is 0. The van der Waals surface area contributed by atoms with Crippen LogP contribution in [0.5, 0.6) is 0 Å². The molecule has 1 N–H and O–H groups in total. The molecular formula is C10H6N4O2S. The second-order valence-corrected chi connectivity index (χ2v) is 3.37. The van der Waals surface area contributed by atoms with Crippen molar-refractivity contribution in [3.05, 3.63) is 40.1 Å². The Kier molecular flexibility index (Phi) is 4.09. The molecule has 0 aliphatic carbocycles. The third-order valence-corrected chi connectivity index (χ3v) is 2.18. The van der Waals surface area contributed by atoms with Crippen molar-refractivity contribution in [3.8, 4) is 12.1 Å². The summed E-state index contributed by atoms with van der Waals surface area (Å²) in [5, 5.41) is 30.2. The topological polar surface area (TPSA) is 103 Å². The fourth-order valence-electron chi connectivity index (χ4n) is 0.995. The molecule has 6 nitrogen and oxygen atoms in total. The van der Waals surface area contributed by atoms with Gasteiger partial charge in [0.1, 0.15) is 17.7 Å². The van der Waals surface area contributed by atoms with Crippen molar-refractivity contribution in [2.75, 3.05) is 5.32 Å². The normalized spacial score (nSPS) is 8.65. The molecule has 0 bridgehead atoms. The highest BCUT2D eigenvalue weighted by atomic mass is 32.1. The van der Waals surface area contributed by atoms with E-state index in [-0.39, 0.29) is 11.3 Å². The molecule has 0 aliphatic rings. The van der Waals surface area contributed by atoms with Gasteiger partial charge in [-0.15, -0.1) is 12.6 Å². The molecule has 0 heterocycles. The van der Waals surface area contributed by atoms with E-state index in [0.29, 0.717) is 10.6 Å². The summed E-state index contributed by atoms with van der Waals surface area (Å²) in [6, 6.07) is 7.37. The third-order valence-electron chi connectivity index (χ3n) is 1.81. The minimum absolute atomic E-state index is 0.0784. The first-order valence-electron chi connectivity index (χ1n) is 4.32. The zero-order chi connectivity index (χ0) is 12.8. The van der Waals surface area contributed by atoms with Gasteiger partial charge in [0.25, 0.3) is 5.69 Å². The average Bonchev–Trinajstić information content (AvgIpc) is 2.31. The molecule has 84 valence electrons. The van der Waals surface area contributed by atoms with E-state index in [1.807, 2.05) is 0 Å². The highest BCUT2D eigenvalue weighted by molar-refractivity contribution is 7.80. The monoisotopic (exact) mass is 246 g/mol. The predicted octanol–water partition coefficient (Wildman–Crippen LogP) is 2.23. The van der Waals surface area contributed by atoms with Crippen molar-refractivity contribution in [1.82, 2.24) is 0 Å². The number of hydrogen-bond acceptors (Lipinski definition) is 6. The maximum absolute atomic E-state index is 10.5. The molecule has 1 aromatic rings. The number of anilines is 1. The fourth-order valence-corrected chi connectivity index (χ4v) is 1.27. The Labute approximate surface area is 102 Å². The van der Waals surface area contributed by atoms with Gasteiger partial charge < -0.3 is 5.32 Å². The van der Waals surface area contributed by atoms with Gasteiger partial charge in [0.15, 0.2) is 0 Å². The summed E-state index contributed by atoms with van der Waals surface area (Å²) >= 11 is 4.06. The summed E-state index contributed by atoms with van der Waals surface area (Å²) in [6.07, 6.45) is 1.21. The van der Waals surface area contributed by atoms with E-state index >= 15 is 0 Å². The number of non-ortho nitro benzene ring substituents is 1. The third kappa shape index (κ3) is 3.23. The van der Waals surface area contributed by atoms with Crippen LogP contribution in [0.1, 0.15) is 0 Å². The van der Waals surface area contributed by atoms with Crippen LogP contribution < -0.4 is 5.32 Å². The summed E-state index contributed by atoms with van der Waals surface area (Å²) in [5.41, 5.74) is 0.295. The molecule has 0 saturated carbocycles. The first-order valence-corrected chi connectivity index (χ1v) is 4.77. The number of nitriles is 2. The molecule has 7 heteroatoms. The van der Waals surface area contributed by atoms with Crippen molar-refractivity contribution in [1.29, 1.82) is 10.5 Å². The fraction of sp³-hybridized carbons (Fsp3) is 0. The molecule has 1 rings (SSSR count). The Morgan fingerprint density at radius 3 is 2.59 bits per heavy atom. The minimum atomic E-state index is -0.532. The molecule has 0 spiro atoms. The molecule has 0 fully saturated rings. The molecule has 0 aromatic heterocycles. The van der Waals surface area contributed by atoms with E-state index in [9.17, 15) is 10.1 Å². The van der Waals surface area contributed by atoms with Gasteiger partial charge in [-0.1, -0.05) is 0 Å². The highest BCUT2D eigenvalue weighted by Crippen LogP contribution is 2.25. The van der Waals surface area contributed by atoms with Crippen LogP contribution in [-0.2, 0) is 0 Å². The van der Waals surface area contributed by atoms with Crippen LogP contribution in [0.2, 0.25) is 0 Å². The maximum atomic E-state index is 10.5. The van der Waals surface area contributed by atoms with E-state index in [1.165, 1.54) is 24.4 Å². The van der Waals surface area contributed by atoms with Gasteiger partial charge in [-0.25, -0.2) is 0 Å². The van der Waals surface area contributed by atoms with Gasteiger partial charge in [0.05, 0.1) is 10.6 Å². The maximum Gasteiger partial charge on any atom is 0.270 e. The van der Waals surface area contributed by atoms with Crippen LogP contribution >= 0.6 is 12.6 Å². The van der Waals surface area contributed by atoms with Gasteiger partial charge >= 0.3 is 0 Å². The first kappa shape index (κ1) is 12.6. The van der Waals surface area contributed by atoms with Gasteiger partial charge in [-0.2, -0.15) is 10.5 Å². The number of thiol groups is 1. The van der Waals surface area contributed by atoms with Crippen LogP contribution in [0.3, 0.4) is 0 Å². The molecule has 17 heavy (non-hydrogen) atoms. The number of nitro groups is 1. The Morgan fingerprint density at radius 1 is 1.47 bits per heavy atom. The predicted molar refractivity (Wildman–Crippen MR) is 63.3 cm³/mol. The Morgan fingerprint density at radius 2 is 2.12 bits per heavy atom. The van der Waals surface area contributed by atoms with Gasteiger partial charge in [-0.05, 0) is 6.07 Å². The summed E-state index contributed by atoms with van der Waals surface area (Å²) < 4.78 is 0. The number of nitrogens with zero attached hydrogens (tertiary/aromatic N) is 3. The Hall–Kier alpha value is -2.51. The van der Waals surface area contributed by atoms with Crippen molar-refractivity contribution >= 4 is 24.0 Å². The summed E-state index contributed by atoms with van der Waals surface area (Å²) in [5.74, 6) is 0. The number of benzene rings is 1. The van der Waals surface area contributed by atoms with Gasteiger partial charge in [0, 0.05) is 23.2 Å². The summed E-state index contributed by atoms with van der Waals surface area (Å²) in [6.45, 7) is 0. The zero-order valence-corrected chi connectivity index (χ0v) is 9.31. The SMILES string of the molecule is N#CC(C#N)=CNc1ccc([N+](=O)[O-])cc1S. The van der Waals surface area contributed by atoms with Gasteiger partial charge in [0.2, 0.25) is 0 Å². The lowest BCUT2D eigenvalue weighted by atomic mass is 10.2. The number of rotatable bonds is 3. The molecule has 0 radical (unpaired) electrons. The Bertz CT molecular complexity index is 553. The molecule has 0 unspecified atom stereocenters. The molecule has 0 amide bonds. The van der Waals surface area contributed by atoms with Gasteiger partial charge in [-0.3, -0.25) is 10.1 Å². The number of nitro benzene ring substituents is 1. The quantitative estimate of drug-likeness (QED) is 0.368. The van der Waals surface area contributed by atoms with E-state index in [2.05, 4.69) is 17.9 Å². The van der Waals surface area contributed by atoms with Crippen LogP contribution in [0.25, 0.3) is 0 Å². The number of hydrogen-bond donors (Lipinski definition) is 2. The van der Waals surface area contributed by atoms with Crippen molar-refractivity contribution in [3.63, 3.8) is 0 Å².